The fourth-order valence-electron chi connectivity index (χ4n) is 2.90. The van der Waals surface area contributed by atoms with Gasteiger partial charge in [0.1, 0.15) is 17.0 Å². The first-order valence-electron chi connectivity index (χ1n) is 8.99. The average Bonchev–Trinajstić information content (AvgIpc) is 3.26. The molecule has 0 bridgehead atoms. The number of ether oxygens (including phenoxy) is 1. The number of nitrogens with zero attached hydrogens (tertiary/aromatic N) is 5. The van der Waals surface area contributed by atoms with Gasteiger partial charge in [0.05, 0.1) is 22.5 Å². The molecule has 9 heteroatoms. The van der Waals surface area contributed by atoms with E-state index in [0.29, 0.717) is 46.7 Å². The molecule has 0 saturated carbocycles. The van der Waals surface area contributed by atoms with Gasteiger partial charge in [-0.1, -0.05) is 22.9 Å². The van der Waals surface area contributed by atoms with Crippen molar-refractivity contribution in [2.75, 3.05) is 39.2 Å². The summed E-state index contributed by atoms with van der Waals surface area (Å²) in [5.74, 6) is 0.509. The van der Waals surface area contributed by atoms with E-state index in [1.165, 1.54) is 11.3 Å². The van der Waals surface area contributed by atoms with Gasteiger partial charge in [0, 0.05) is 19.6 Å². The summed E-state index contributed by atoms with van der Waals surface area (Å²) in [6.45, 7) is 5.67. The number of halogens is 1. The highest BCUT2D eigenvalue weighted by Gasteiger charge is 2.26. The lowest BCUT2D eigenvalue weighted by Gasteiger charge is -2.22. The summed E-state index contributed by atoms with van der Waals surface area (Å²) < 4.78 is 7.95. The van der Waals surface area contributed by atoms with Crippen LogP contribution in [0.3, 0.4) is 0 Å². The van der Waals surface area contributed by atoms with Gasteiger partial charge < -0.3 is 9.64 Å². The van der Waals surface area contributed by atoms with E-state index in [-0.39, 0.29) is 5.91 Å². The summed E-state index contributed by atoms with van der Waals surface area (Å²) >= 11 is 7.76. The number of fused-ring (bicyclic) bond motifs is 1. The Labute approximate surface area is 173 Å². The molecule has 1 aromatic carbocycles. The molecule has 2 heterocycles. The zero-order chi connectivity index (χ0) is 20.4. The first-order valence-corrected chi connectivity index (χ1v) is 10.2. The first kappa shape index (κ1) is 20.6. The Balaban J connectivity index is 2.08. The van der Waals surface area contributed by atoms with E-state index in [2.05, 4.69) is 5.10 Å². The van der Waals surface area contributed by atoms with Crippen molar-refractivity contribution in [3.05, 3.63) is 34.6 Å². The number of benzene rings is 1. The zero-order valence-electron chi connectivity index (χ0n) is 16.7. The molecule has 0 N–H and O–H groups in total. The van der Waals surface area contributed by atoms with E-state index in [4.69, 9.17) is 21.3 Å². The SMILES string of the molecule is CCn1nc(C)cc1C(=O)N(CCN(C)C)c1nc2c(OC)ccc(Cl)c2s1. The molecule has 0 atom stereocenters. The quantitative estimate of drug-likeness (QED) is 0.582. The van der Waals surface area contributed by atoms with Gasteiger partial charge in [0.15, 0.2) is 5.13 Å². The van der Waals surface area contributed by atoms with Gasteiger partial charge in [0.2, 0.25) is 0 Å². The fraction of sp³-hybridized carbons (Fsp3) is 0.421. The third kappa shape index (κ3) is 3.99. The van der Waals surface area contributed by atoms with Crippen LogP contribution in [0.1, 0.15) is 23.1 Å². The molecule has 0 fully saturated rings. The molecular weight excluding hydrogens is 398 g/mol. The molecule has 3 rings (SSSR count). The van der Waals surface area contributed by atoms with E-state index in [9.17, 15) is 4.79 Å². The van der Waals surface area contributed by atoms with Crippen molar-refractivity contribution in [1.82, 2.24) is 19.7 Å². The Hall–Kier alpha value is -2.16. The molecule has 0 saturated heterocycles. The number of carbonyl (C=O) groups excluding carboxylic acids is 1. The number of aromatic nitrogens is 3. The lowest BCUT2D eigenvalue weighted by molar-refractivity contribution is 0.0975. The van der Waals surface area contributed by atoms with Gasteiger partial charge in [-0.2, -0.15) is 5.10 Å². The first-order chi connectivity index (χ1) is 13.3. The molecule has 28 heavy (non-hydrogen) atoms. The molecule has 3 aromatic rings. The number of likely N-dealkylation sites (N-methyl/N-ethyl adjacent to an activating group) is 1. The molecule has 0 aliphatic heterocycles. The molecule has 0 spiro atoms. The van der Waals surface area contributed by atoms with Gasteiger partial charge >= 0.3 is 0 Å². The number of amides is 1. The molecule has 2 aromatic heterocycles. The minimum atomic E-state index is -0.126. The molecule has 0 radical (unpaired) electrons. The Kier molecular flexibility index (Phi) is 6.22. The second-order valence-corrected chi connectivity index (χ2v) is 8.06. The van der Waals surface area contributed by atoms with Crippen molar-refractivity contribution in [2.45, 2.75) is 20.4 Å². The maximum Gasteiger partial charge on any atom is 0.278 e. The normalized spacial score (nSPS) is 11.4. The third-order valence-electron chi connectivity index (χ3n) is 4.33. The molecule has 0 aliphatic carbocycles. The minimum Gasteiger partial charge on any atom is -0.494 e. The predicted molar refractivity (Wildman–Crippen MR) is 114 cm³/mol. The molecular formula is C19H24ClN5O2S. The van der Waals surface area contributed by atoms with Gasteiger partial charge in [-0.3, -0.25) is 14.4 Å². The number of hydrogen-bond donors (Lipinski definition) is 0. The summed E-state index contributed by atoms with van der Waals surface area (Å²) in [6, 6.07) is 5.39. The minimum absolute atomic E-state index is 0.126. The summed E-state index contributed by atoms with van der Waals surface area (Å²) in [4.78, 5) is 21.8. The Morgan fingerprint density at radius 3 is 2.71 bits per heavy atom. The standard InChI is InChI=1S/C19H24ClN5O2S/c1-6-25-14(11-12(2)22-25)18(26)24(10-9-23(3)4)19-21-16-15(27-5)8-7-13(20)17(16)28-19/h7-8,11H,6,9-10H2,1-5H3. The largest absolute Gasteiger partial charge is 0.494 e. The third-order valence-corrected chi connectivity index (χ3v) is 5.87. The van der Waals surface area contributed by atoms with Crippen LogP contribution in [0.2, 0.25) is 5.02 Å². The van der Waals surface area contributed by atoms with Crippen LogP contribution < -0.4 is 9.64 Å². The number of hydrogen-bond acceptors (Lipinski definition) is 6. The smallest absolute Gasteiger partial charge is 0.278 e. The highest BCUT2D eigenvalue weighted by Crippen LogP contribution is 2.39. The van der Waals surface area contributed by atoms with Gasteiger partial charge in [-0.25, -0.2) is 4.98 Å². The highest BCUT2D eigenvalue weighted by molar-refractivity contribution is 7.23. The number of carbonyl (C=O) groups is 1. The van der Waals surface area contributed by atoms with Crippen molar-refractivity contribution < 1.29 is 9.53 Å². The number of rotatable bonds is 7. The van der Waals surface area contributed by atoms with Crippen LogP contribution in [-0.2, 0) is 6.54 Å². The molecule has 0 aliphatic rings. The second kappa shape index (κ2) is 8.46. The number of anilines is 1. The molecule has 7 nitrogen and oxygen atoms in total. The van der Waals surface area contributed by atoms with Crippen molar-refractivity contribution in [3.63, 3.8) is 0 Å². The van der Waals surface area contributed by atoms with Crippen molar-refractivity contribution in [2.24, 2.45) is 0 Å². The number of methoxy groups -OCH3 is 1. The maximum absolute atomic E-state index is 13.4. The van der Waals surface area contributed by atoms with E-state index in [1.807, 2.05) is 38.9 Å². The lowest BCUT2D eigenvalue weighted by atomic mass is 10.3. The van der Waals surface area contributed by atoms with Crippen molar-refractivity contribution in [3.8, 4) is 5.75 Å². The van der Waals surface area contributed by atoms with Gasteiger partial charge in [-0.05, 0) is 46.1 Å². The predicted octanol–water partition coefficient (Wildman–Crippen LogP) is 3.69. The van der Waals surface area contributed by atoms with Crippen LogP contribution in [0.5, 0.6) is 5.75 Å². The summed E-state index contributed by atoms with van der Waals surface area (Å²) in [6.07, 6.45) is 0. The van der Waals surface area contributed by atoms with Crippen LogP contribution in [0.25, 0.3) is 10.2 Å². The van der Waals surface area contributed by atoms with Gasteiger partial charge in [-0.15, -0.1) is 0 Å². The van der Waals surface area contributed by atoms with E-state index >= 15 is 0 Å². The zero-order valence-corrected chi connectivity index (χ0v) is 18.3. The van der Waals surface area contributed by atoms with Crippen LogP contribution >= 0.6 is 22.9 Å². The Morgan fingerprint density at radius 1 is 1.32 bits per heavy atom. The van der Waals surface area contributed by atoms with Crippen molar-refractivity contribution in [1.29, 1.82) is 0 Å². The highest BCUT2D eigenvalue weighted by atomic mass is 35.5. The van der Waals surface area contributed by atoms with E-state index in [1.54, 1.807) is 28.8 Å². The lowest BCUT2D eigenvalue weighted by Crippen LogP contribution is -2.37. The van der Waals surface area contributed by atoms with Crippen LogP contribution in [0.4, 0.5) is 5.13 Å². The monoisotopic (exact) mass is 421 g/mol. The van der Waals surface area contributed by atoms with Crippen molar-refractivity contribution >= 4 is 44.2 Å². The maximum atomic E-state index is 13.4. The van der Waals surface area contributed by atoms with Crippen LogP contribution in [0, 0.1) is 6.92 Å². The number of thiazole rings is 1. The molecule has 150 valence electrons. The molecule has 0 unspecified atom stereocenters. The molecule has 1 amide bonds. The average molecular weight is 422 g/mol. The van der Waals surface area contributed by atoms with Crippen LogP contribution in [0.15, 0.2) is 18.2 Å². The van der Waals surface area contributed by atoms with Gasteiger partial charge in [0.25, 0.3) is 5.91 Å². The Bertz CT molecular complexity index is 998. The summed E-state index contributed by atoms with van der Waals surface area (Å²) in [5.41, 5.74) is 2.03. The topological polar surface area (TPSA) is 63.5 Å². The summed E-state index contributed by atoms with van der Waals surface area (Å²) in [7, 11) is 5.54. The van der Waals surface area contributed by atoms with E-state index < -0.39 is 0 Å². The fourth-order valence-corrected chi connectivity index (χ4v) is 4.18. The number of aryl methyl sites for hydroxylation is 2. The van der Waals surface area contributed by atoms with E-state index in [0.717, 1.165) is 10.4 Å². The second-order valence-electron chi connectivity index (χ2n) is 6.67. The van der Waals surface area contributed by atoms with Crippen LogP contribution in [-0.4, -0.2) is 59.9 Å². The Morgan fingerprint density at radius 2 is 2.07 bits per heavy atom. The summed E-state index contributed by atoms with van der Waals surface area (Å²) in [5, 5.41) is 5.59.